The quantitative estimate of drug-likeness (QED) is 0.323. The van der Waals surface area contributed by atoms with E-state index in [1.54, 1.807) is 18.5 Å². The molecule has 5 heterocycles. The minimum Gasteiger partial charge on any atom is -0.465 e. The Morgan fingerprint density at radius 2 is 1.90 bits per heavy atom. The molecule has 41 heavy (non-hydrogen) atoms. The molecule has 12 heteroatoms. The van der Waals surface area contributed by atoms with E-state index < -0.39 is 17.7 Å². The first kappa shape index (κ1) is 27.0. The highest BCUT2D eigenvalue weighted by atomic mass is 19.1. The minimum atomic E-state index is -0.877. The second-order valence-electron chi connectivity index (χ2n) is 11.6. The third kappa shape index (κ3) is 4.86. The van der Waals surface area contributed by atoms with Crippen LogP contribution in [-0.4, -0.2) is 71.2 Å². The molecule has 2 atom stereocenters. The predicted octanol–water partition coefficient (Wildman–Crippen LogP) is 5.37. The number of fused-ring (bicyclic) bond motifs is 2. The van der Waals surface area contributed by atoms with Crippen LogP contribution in [0.1, 0.15) is 44.6 Å². The van der Waals surface area contributed by atoms with Crippen molar-refractivity contribution in [2.75, 3.05) is 25.0 Å². The molecule has 214 valence electrons. The number of pyridine rings is 1. The number of aromatic nitrogens is 5. The summed E-state index contributed by atoms with van der Waals surface area (Å²) in [5.74, 6) is 0.197. The highest BCUT2D eigenvalue weighted by Gasteiger charge is 2.52. The van der Waals surface area contributed by atoms with Gasteiger partial charge in [0.05, 0.1) is 11.7 Å². The maximum Gasteiger partial charge on any atom is 0.407 e. The first-order chi connectivity index (χ1) is 19.5. The lowest BCUT2D eigenvalue weighted by molar-refractivity contribution is -0.110. The van der Waals surface area contributed by atoms with E-state index in [-0.39, 0.29) is 34.5 Å². The van der Waals surface area contributed by atoms with E-state index in [0.29, 0.717) is 42.4 Å². The van der Waals surface area contributed by atoms with Crippen LogP contribution in [0, 0.1) is 24.0 Å². The maximum absolute atomic E-state index is 15.0. The van der Waals surface area contributed by atoms with Crippen LogP contribution < -0.4 is 5.32 Å². The standard InChI is InChI=1S/C29H32F2N8O2/c1-16(2)39-17(3)35-26-21(30)7-19(8-23(26)39)20-9-25(32-12-22(20)31)36-27-33-10-18(11-34-27)13-38-15-29(4)5-6-37(28(40)41)14-24(29)38/h7-12,16,24H,5-6,13-15H2,1-4H3,(H,40,41)(H,32,33,34,36)/t24-,29-/m1/s1. The molecule has 10 nitrogen and oxygen atoms in total. The van der Waals surface area contributed by atoms with Crippen molar-refractivity contribution in [3.8, 4) is 11.1 Å². The van der Waals surface area contributed by atoms with Crippen molar-refractivity contribution in [2.45, 2.75) is 52.7 Å². The van der Waals surface area contributed by atoms with Gasteiger partial charge in [0.25, 0.3) is 0 Å². The largest absolute Gasteiger partial charge is 0.465 e. The van der Waals surface area contributed by atoms with E-state index in [1.807, 2.05) is 25.3 Å². The summed E-state index contributed by atoms with van der Waals surface area (Å²) in [6.45, 7) is 10.6. The van der Waals surface area contributed by atoms with Crippen LogP contribution in [0.15, 0.2) is 36.8 Å². The number of halogens is 2. The fourth-order valence-electron chi connectivity index (χ4n) is 6.27. The summed E-state index contributed by atoms with van der Waals surface area (Å²) in [5.41, 5.74) is 2.45. The minimum absolute atomic E-state index is 0.0574. The predicted molar refractivity (Wildman–Crippen MR) is 150 cm³/mol. The number of aryl methyl sites for hydroxylation is 1. The van der Waals surface area contributed by atoms with Gasteiger partial charge in [-0.3, -0.25) is 4.90 Å². The second-order valence-corrected chi connectivity index (χ2v) is 11.6. The summed E-state index contributed by atoms with van der Waals surface area (Å²) in [6, 6.07) is 4.76. The van der Waals surface area contributed by atoms with Crippen molar-refractivity contribution < 1.29 is 18.7 Å². The number of piperidine rings is 1. The van der Waals surface area contributed by atoms with Gasteiger partial charge < -0.3 is 19.9 Å². The third-order valence-electron chi connectivity index (χ3n) is 8.36. The van der Waals surface area contributed by atoms with E-state index in [4.69, 9.17) is 0 Å². The molecule has 2 fully saturated rings. The first-order valence-electron chi connectivity index (χ1n) is 13.7. The number of amides is 1. The average Bonchev–Trinajstić information content (AvgIpc) is 3.26. The molecule has 2 N–H and O–H groups in total. The summed E-state index contributed by atoms with van der Waals surface area (Å²) in [5, 5.41) is 12.4. The molecule has 0 radical (unpaired) electrons. The Hall–Kier alpha value is -4.19. The molecule has 2 aliphatic heterocycles. The molecule has 1 amide bonds. The van der Waals surface area contributed by atoms with Crippen LogP contribution in [-0.2, 0) is 6.54 Å². The van der Waals surface area contributed by atoms with Crippen LogP contribution in [0.5, 0.6) is 0 Å². The smallest absolute Gasteiger partial charge is 0.407 e. The summed E-state index contributed by atoms with van der Waals surface area (Å²) in [4.78, 5) is 32.5. The molecule has 3 aromatic heterocycles. The normalized spacial score (nSPS) is 20.8. The number of imidazole rings is 1. The summed E-state index contributed by atoms with van der Waals surface area (Å²) < 4.78 is 31.8. The number of carbonyl (C=O) groups is 1. The number of rotatable bonds is 6. The van der Waals surface area contributed by atoms with Crippen molar-refractivity contribution >= 4 is 28.9 Å². The zero-order valence-corrected chi connectivity index (χ0v) is 23.4. The van der Waals surface area contributed by atoms with E-state index in [2.05, 4.69) is 37.1 Å². The molecule has 0 saturated carbocycles. The number of carboxylic acid groups (broad SMARTS) is 1. The van der Waals surface area contributed by atoms with Gasteiger partial charge in [0.2, 0.25) is 5.95 Å². The molecule has 0 spiro atoms. The van der Waals surface area contributed by atoms with Crippen molar-refractivity contribution in [1.82, 2.24) is 34.3 Å². The Morgan fingerprint density at radius 1 is 1.15 bits per heavy atom. The van der Waals surface area contributed by atoms with E-state index >= 15 is 4.39 Å². The zero-order valence-electron chi connectivity index (χ0n) is 23.4. The van der Waals surface area contributed by atoms with Gasteiger partial charge in [0.15, 0.2) is 5.82 Å². The summed E-state index contributed by atoms with van der Waals surface area (Å²) in [7, 11) is 0. The number of nitrogens with zero attached hydrogens (tertiary/aromatic N) is 7. The Balaban J connectivity index is 1.18. The molecule has 0 aliphatic carbocycles. The maximum atomic E-state index is 15.0. The number of benzene rings is 1. The number of anilines is 2. The zero-order chi connectivity index (χ0) is 29.1. The molecular formula is C29H32F2N8O2. The highest BCUT2D eigenvalue weighted by Crippen LogP contribution is 2.44. The average molecular weight is 563 g/mol. The van der Waals surface area contributed by atoms with Crippen molar-refractivity contribution in [3.63, 3.8) is 0 Å². The molecule has 2 aliphatic rings. The van der Waals surface area contributed by atoms with Gasteiger partial charge in [0.1, 0.15) is 23.0 Å². The fraction of sp³-hybridized carbons (Fsp3) is 0.414. The molecule has 2 saturated heterocycles. The molecule has 4 aromatic rings. The van der Waals surface area contributed by atoms with Crippen molar-refractivity contribution in [3.05, 3.63) is 59.8 Å². The van der Waals surface area contributed by atoms with Crippen LogP contribution in [0.3, 0.4) is 0 Å². The van der Waals surface area contributed by atoms with Gasteiger partial charge in [-0.15, -0.1) is 0 Å². The molecule has 0 bridgehead atoms. The fourth-order valence-corrected chi connectivity index (χ4v) is 6.27. The second kappa shape index (κ2) is 10.0. The monoisotopic (exact) mass is 562 g/mol. The molecule has 6 rings (SSSR count). The molecule has 0 unspecified atom stereocenters. The first-order valence-corrected chi connectivity index (χ1v) is 13.7. The van der Waals surface area contributed by atoms with Gasteiger partial charge in [0, 0.05) is 61.8 Å². The molecular weight excluding hydrogens is 530 g/mol. The number of nitrogens with one attached hydrogen (secondary N) is 1. The van der Waals surface area contributed by atoms with E-state index in [1.165, 1.54) is 17.0 Å². The van der Waals surface area contributed by atoms with Gasteiger partial charge in [-0.2, -0.15) is 0 Å². The van der Waals surface area contributed by atoms with Gasteiger partial charge in [-0.05, 0) is 56.4 Å². The molecule has 1 aromatic carbocycles. The van der Waals surface area contributed by atoms with Gasteiger partial charge in [-0.1, -0.05) is 6.92 Å². The SMILES string of the molecule is Cc1nc2c(F)cc(-c3cc(Nc4ncc(CN5C[C@@]6(C)CCN(C(=O)O)C[C@@H]56)cn4)ncc3F)cc2n1C(C)C. The number of hydrogen-bond acceptors (Lipinski definition) is 7. The Labute approximate surface area is 236 Å². The lowest BCUT2D eigenvalue weighted by Crippen LogP contribution is -2.69. The summed E-state index contributed by atoms with van der Waals surface area (Å²) >= 11 is 0. The van der Waals surface area contributed by atoms with E-state index in [0.717, 1.165) is 24.7 Å². The lowest BCUT2D eigenvalue weighted by atomic mass is 9.68. The Morgan fingerprint density at radius 3 is 2.61 bits per heavy atom. The summed E-state index contributed by atoms with van der Waals surface area (Å²) in [6.07, 6.45) is 4.49. The van der Waals surface area contributed by atoms with Crippen LogP contribution >= 0.6 is 0 Å². The van der Waals surface area contributed by atoms with Crippen LogP contribution in [0.25, 0.3) is 22.2 Å². The van der Waals surface area contributed by atoms with Crippen molar-refractivity contribution in [2.24, 2.45) is 5.41 Å². The highest BCUT2D eigenvalue weighted by molar-refractivity contribution is 5.84. The van der Waals surface area contributed by atoms with E-state index in [9.17, 15) is 14.3 Å². The lowest BCUT2D eigenvalue weighted by Gasteiger charge is -2.60. The number of hydrogen-bond donors (Lipinski definition) is 2. The third-order valence-corrected chi connectivity index (χ3v) is 8.36. The Kier molecular flexibility index (Phi) is 6.60. The Bertz CT molecular complexity index is 1640. The van der Waals surface area contributed by atoms with Gasteiger partial charge >= 0.3 is 6.09 Å². The van der Waals surface area contributed by atoms with Crippen LogP contribution in [0.4, 0.5) is 25.3 Å². The van der Waals surface area contributed by atoms with Gasteiger partial charge in [-0.25, -0.2) is 33.5 Å². The van der Waals surface area contributed by atoms with Crippen LogP contribution in [0.2, 0.25) is 0 Å². The topological polar surface area (TPSA) is 112 Å². The number of likely N-dealkylation sites (tertiary alicyclic amines) is 2. The van der Waals surface area contributed by atoms with Crippen molar-refractivity contribution in [1.29, 1.82) is 0 Å².